The minimum atomic E-state index is 0.656. The summed E-state index contributed by atoms with van der Waals surface area (Å²) in [5.41, 5.74) is 6.96. The SMILES string of the molecule is CCC(C)CSc1cc(C)cnc1N. The first-order chi connectivity index (χ1) is 6.63. The van der Waals surface area contributed by atoms with Crippen LogP contribution >= 0.6 is 11.8 Å². The van der Waals surface area contributed by atoms with Gasteiger partial charge in [0.25, 0.3) is 0 Å². The van der Waals surface area contributed by atoms with Crippen molar-refractivity contribution in [3.8, 4) is 0 Å². The van der Waals surface area contributed by atoms with Crippen molar-refractivity contribution in [2.45, 2.75) is 32.1 Å². The zero-order valence-electron chi connectivity index (χ0n) is 9.08. The Morgan fingerprint density at radius 3 is 2.93 bits per heavy atom. The van der Waals surface area contributed by atoms with Crippen molar-refractivity contribution >= 4 is 17.6 Å². The summed E-state index contributed by atoms with van der Waals surface area (Å²) in [4.78, 5) is 5.26. The molecule has 0 aliphatic rings. The van der Waals surface area contributed by atoms with Crippen LogP contribution in [0, 0.1) is 12.8 Å². The van der Waals surface area contributed by atoms with E-state index >= 15 is 0 Å². The van der Waals surface area contributed by atoms with Gasteiger partial charge >= 0.3 is 0 Å². The van der Waals surface area contributed by atoms with Gasteiger partial charge in [0.2, 0.25) is 0 Å². The van der Waals surface area contributed by atoms with Crippen LogP contribution in [-0.4, -0.2) is 10.7 Å². The summed E-state index contributed by atoms with van der Waals surface area (Å²) in [6.07, 6.45) is 3.02. The normalized spacial score (nSPS) is 12.8. The number of hydrogen-bond donors (Lipinski definition) is 1. The number of anilines is 1. The highest BCUT2D eigenvalue weighted by Gasteiger charge is 2.04. The predicted octanol–water partition coefficient (Wildman–Crippen LogP) is 3.11. The van der Waals surface area contributed by atoms with E-state index in [0.717, 1.165) is 16.6 Å². The summed E-state index contributed by atoms with van der Waals surface area (Å²) >= 11 is 1.81. The highest BCUT2D eigenvalue weighted by Crippen LogP contribution is 2.26. The minimum Gasteiger partial charge on any atom is -0.383 e. The summed E-state index contributed by atoms with van der Waals surface area (Å²) in [7, 11) is 0. The maximum absolute atomic E-state index is 5.79. The molecule has 0 saturated heterocycles. The Balaban J connectivity index is 2.62. The van der Waals surface area contributed by atoms with E-state index in [0.29, 0.717) is 5.82 Å². The van der Waals surface area contributed by atoms with E-state index < -0.39 is 0 Å². The number of hydrogen-bond acceptors (Lipinski definition) is 3. The van der Waals surface area contributed by atoms with Gasteiger partial charge in [0.15, 0.2) is 0 Å². The summed E-state index contributed by atoms with van der Waals surface area (Å²) in [6.45, 7) is 6.51. The molecule has 0 aliphatic heterocycles. The maximum Gasteiger partial charge on any atom is 0.137 e. The van der Waals surface area contributed by atoms with Crippen LogP contribution in [-0.2, 0) is 0 Å². The first kappa shape index (κ1) is 11.4. The van der Waals surface area contributed by atoms with E-state index in [2.05, 4.69) is 24.9 Å². The van der Waals surface area contributed by atoms with Gasteiger partial charge in [-0.05, 0) is 24.5 Å². The molecule has 3 heteroatoms. The van der Waals surface area contributed by atoms with Crippen molar-refractivity contribution in [3.05, 3.63) is 17.8 Å². The lowest BCUT2D eigenvalue weighted by molar-refractivity contribution is 0.637. The van der Waals surface area contributed by atoms with E-state index in [1.165, 1.54) is 12.0 Å². The van der Waals surface area contributed by atoms with Crippen LogP contribution in [0.1, 0.15) is 25.8 Å². The molecule has 2 nitrogen and oxygen atoms in total. The predicted molar refractivity (Wildman–Crippen MR) is 63.6 cm³/mol. The molecule has 0 saturated carbocycles. The largest absolute Gasteiger partial charge is 0.383 e. The Bertz CT molecular complexity index is 299. The van der Waals surface area contributed by atoms with Gasteiger partial charge in [0.1, 0.15) is 5.82 Å². The first-order valence-corrected chi connectivity index (χ1v) is 5.97. The van der Waals surface area contributed by atoms with Crippen molar-refractivity contribution in [1.82, 2.24) is 4.98 Å². The minimum absolute atomic E-state index is 0.656. The molecule has 0 aromatic carbocycles. The number of aromatic nitrogens is 1. The second-order valence-electron chi connectivity index (χ2n) is 3.72. The molecule has 2 N–H and O–H groups in total. The fourth-order valence-corrected chi connectivity index (χ4v) is 2.19. The molecule has 0 amide bonds. The van der Waals surface area contributed by atoms with Gasteiger partial charge in [-0.3, -0.25) is 0 Å². The van der Waals surface area contributed by atoms with E-state index in [1.807, 2.05) is 13.1 Å². The number of rotatable bonds is 4. The topological polar surface area (TPSA) is 38.9 Å². The van der Waals surface area contributed by atoms with Crippen molar-refractivity contribution in [2.75, 3.05) is 11.5 Å². The average molecular weight is 210 g/mol. The van der Waals surface area contributed by atoms with Gasteiger partial charge in [0, 0.05) is 16.8 Å². The molecule has 1 aromatic heterocycles. The van der Waals surface area contributed by atoms with E-state index in [9.17, 15) is 0 Å². The van der Waals surface area contributed by atoms with Crippen LogP contribution in [0.3, 0.4) is 0 Å². The quantitative estimate of drug-likeness (QED) is 0.776. The summed E-state index contributed by atoms with van der Waals surface area (Å²) in [5.74, 6) is 2.51. The van der Waals surface area contributed by atoms with Crippen molar-refractivity contribution in [1.29, 1.82) is 0 Å². The zero-order valence-corrected chi connectivity index (χ0v) is 9.90. The highest BCUT2D eigenvalue weighted by atomic mass is 32.2. The number of thioether (sulfide) groups is 1. The lowest BCUT2D eigenvalue weighted by atomic mass is 10.2. The molecule has 0 aliphatic carbocycles. The van der Waals surface area contributed by atoms with Crippen LogP contribution < -0.4 is 5.73 Å². The van der Waals surface area contributed by atoms with Crippen LogP contribution in [0.15, 0.2) is 17.2 Å². The third kappa shape index (κ3) is 3.22. The van der Waals surface area contributed by atoms with Gasteiger partial charge in [0.05, 0.1) is 0 Å². The Labute approximate surface area is 90.3 Å². The Morgan fingerprint density at radius 1 is 1.57 bits per heavy atom. The smallest absolute Gasteiger partial charge is 0.137 e. The molecule has 14 heavy (non-hydrogen) atoms. The molecule has 1 atom stereocenters. The third-order valence-electron chi connectivity index (χ3n) is 2.24. The second-order valence-corrected chi connectivity index (χ2v) is 4.78. The number of nitrogens with zero attached hydrogens (tertiary/aromatic N) is 1. The molecule has 1 heterocycles. The average Bonchev–Trinajstić information content (AvgIpc) is 2.19. The van der Waals surface area contributed by atoms with Crippen molar-refractivity contribution in [2.24, 2.45) is 5.92 Å². The van der Waals surface area contributed by atoms with E-state index in [4.69, 9.17) is 5.73 Å². The Kier molecular flexibility index (Phi) is 4.26. The Hall–Kier alpha value is -0.700. The second kappa shape index (κ2) is 5.25. The standard InChI is InChI=1S/C11H18N2S/c1-4-8(2)7-14-10-5-9(3)6-13-11(10)12/h5-6,8H,4,7H2,1-3H3,(H2,12,13). The number of nitrogen functional groups attached to an aromatic ring is 1. The summed E-state index contributed by atoms with van der Waals surface area (Å²) < 4.78 is 0. The van der Waals surface area contributed by atoms with Gasteiger partial charge in [-0.25, -0.2) is 4.98 Å². The molecule has 0 fully saturated rings. The number of nitrogens with two attached hydrogens (primary N) is 1. The van der Waals surface area contributed by atoms with Crippen molar-refractivity contribution in [3.63, 3.8) is 0 Å². The first-order valence-electron chi connectivity index (χ1n) is 4.98. The lowest BCUT2D eigenvalue weighted by Gasteiger charge is -2.09. The molecule has 1 rings (SSSR count). The van der Waals surface area contributed by atoms with Crippen molar-refractivity contribution < 1.29 is 0 Å². The molecular formula is C11H18N2S. The molecule has 0 radical (unpaired) electrons. The number of aryl methyl sites for hydroxylation is 1. The van der Waals surface area contributed by atoms with Gasteiger partial charge in [-0.1, -0.05) is 20.3 Å². The fourth-order valence-electron chi connectivity index (χ4n) is 1.02. The molecular weight excluding hydrogens is 192 g/mol. The van der Waals surface area contributed by atoms with Gasteiger partial charge in [-0.2, -0.15) is 0 Å². The summed E-state index contributed by atoms with van der Waals surface area (Å²) in [6, 6.07) is 2.11. The van der Waals surface area contributed by atoms with Crippen LogP contribution in [0.2, 0.25) is 0 Å². The Morgan fingerprint density at radius 2 is 2.29 bits per heavy atom. The van der Waals surface area contributed by atoms with Crippen LogP contribution in [0.4, 0.5) is 5.82 Å². The lowest BCUT2D eigenvalue weighted by Crippen LogP contribution is -1.98. The molecule has 0 bridgehead atoms. The van der Waals surface area contributed by atoms with Gasteiger partial charge < -0.3 is 5.73 Å². The van der Waals surface area contributed by atoms with E-state index in [1.54, 1.807) is 11.8 Å². The fraction of sp³-hybridized carbons (Fsp3) is 0.545. The maximum atomic E-state index is 5.79. The zero-order chi connectivity index (χ0) is 10.6. The van der Waals surface area contributed by atoms with Gasteiger partial charge in [-0.15, -0.1) is 11.8 Å². The number of pyridine rings is 1. The van der Waals surface area contributed by atoms with Crippen LogP contribution in [0.25, 0.3) is 0 Å². The highest BCUT2D eigenvalue weighted by molar-refractivity contribution is 7.99. The van der Waals surface area contributed by atoms with E-state index in [-0.39, 0.29) is 0 Å². The van der Waals surface area contributed by atoms with Crippen LogP contribution in [0.5, 0.6) is 0 Å². The molecule has 1 unspecified atom stereocenters. The molecule has 1 aromatic rings. The molecule has 0 spiro atoms. The third-order valence-corrected chi connectivity index (χ3v) is 3.61. The monoisotopic (exact) mass is 210 g/mol. The summed E-state index contributed by atoms with van der Waals surface area (Å²) in [5, 5.41) is 0. The molecule has 78 valence electrons.